The van der Waals surface area contributed by atoms with Gasteiger partial charge in [-0.05, 0) is 31.6 Å². The topological polar surface area (TPSA) is 96.0 Å². The molecule has 3 heterocycles. The molecule has 8 nitrogen and oxygen atoms in total. The number of carbonyl (C=O) groups excluding carboxylic acids is 2. The quantitative estimate of drug-likeness (QED) is 0.705. The van der Waals surface area contributed by atoms with Gasteiger partial charge in [-0.3, -0.25) is 9.59 Å². The van der Waals surface area contributed by atoms with Crippen LogP contribution in [0.1, 0.15) is 18.2 Å². The molecule has 1 aromatic heterocycles. The summed E-state index contributed by atoms with van der Waals surface area (Å²) in [5.74, 6) is -0.528. The number of sulfonamides is 1. The second-order valence-electron chi connectivity index (χ2n) is 6.59. The van der Waals surface area contributed by atoms with E-state index in [0.29, 0.717) is 48.5 Å². The zero-order chi connectivity index (χ0) is 20.3. The monoisotopic (exact) mass is 447 g/mol. The lowest BCUT2D eigenvalue weighted by molar-refractivity contribution is -0.146. The van der Waals surface area contributed by atoms with E-state index in [1.54, 1.807) is 24.0 Å². The minimum Gasteiger partial charge on any atom is -0.378 e. The summed E-state index contributed by atoms with van der Waals surface area (Å²) < 4.78 is 32.8. The van der Waals surface area contributed by atoms with Gasteiger partial charge in [0.15, 0.2) is 0 Å². The van der Waals surface area contributed by atoms with E-state index >= 15 is 0 Å². The van der Waals surface area contributed by atoms with Crippen LogP contribution in [0.25, 0.3) is 6.08 Å². The maximum atomic E-state index is 12.7. The summed E-state index contributed by atoms with van der Waals surface area (Å²) in [6.45, 7) is 3.96. The number of rotatable bonds is 6. The van der Waals surface area contributed by atoms with Crippen LogP contribution in [0.15, 0.2) is 17.5 Å². The van der Waals surface area contributed by atoms with Crippen molar-refractivity contribution in [3.8, 4) is 0 Å². The van der Waals surface area contributed by atoms with Crippen molar-refractivity contribution in [3.63, 3.8) is 0 Å². The minimum atomic E-state index is -3.80. The van der Waals surface area contributed by atoms with Crippen LogP contribution >= 0.6 is 22.9 Å². The highest BCUT2D eigenvalue weighted by atomic mass is 35.5. The highest BCUT2D eigenvalue weighted by Crippen LogP contribution is 2.23. The molecule has 0 aliphatic carbocycles. The Labute approximate surface area is 173 Å². The van der Waals surface area contributed by atoms with E-state index in [0.717, 1.165) is 5.41 Å². The molecule has 2 saturated heterocycles. The van der Waals surface area contributed by atoms with Crippen molar-refractivity contribution >= 4 is 50.9 Å². The average Bonchev–Trinajstić information content (AvgIpc) is 3.25. The number of carbonyl (C=O) groups is 2. The third-order valence-corrected chi connectivity index (χ3v) is 7.00. The summed E-state index contributed by atoms with van der Waals surface area (Å²) >= 11 is 7.08. The summed E-state index contributed by atoms with van der Waals surface area (Å²) in [5.41, 5.74) is 0. The lowest BCUT2D eigenvalue weighted by Crippen LogP contribution is -2.52. The predicted octanol–water partition coefficient (Wildman–Crippen LogP) is 1.14. The van der Waals surface area contributed by atoms with Crippen LogP contribution < -0.4 is 4.72 Å². The SMILES string of the molecule is CC(C(=O)N1CCOCC1)N1CC[C@H](NS(=O)(=O)/C=C/c2ccc(Cl)s2)C1=O. The molecule has 1 N–H and O–H groups in total. The summed E-state index contributed by atoms with van der Waals surface area (Å²) in [7, 11) is -3.80. The van der Waals surface area contributed by atoms with Crippen LogP contribution in [-0.2, 0) is 24.3 Å². The van der Waals surface area contributed by atoms with Gasteiger partial charge in [0, 0.05) is 29.9 Å². The van der Waals surface area contributed by atoms with Crippen LogP contribution in [-0.4, -0.2) is 75.0 Å². The molecular formula is C17H22ClN3O5S2. The van der Waals surface area contributed by atoms with Crippen LogP contribution in [0.2, 0.25) is 4.34 Å². The molecule has 2 atom stereocenters. The number of halogens is 1. The molecule has 0 saturated carbocycles. The molecule has 2 aliphatic rings. The molecule has 1 aromatic rings. The highest BCUT2D eigenvalue weighted by molar-refractivity contribution is 7.92. The summed E-state index contributed by atoms with van der Waals surface area (Å²) in [6, 6.07) is 1.88. The van der Waals surface area contributed by atoms with Crippen molar-refractivity contribution in [2.75, 3.05) is 32.8 Å². The van der Waals surface area contributed by atoms with Crippen molar-refractivity contribution in [1.82, 2.24) is 14.5 Å². The number of hydrogen-bond acceptors (Lipinski definition) is 6. The molecular weight excluding hydrogens is 426 g/mol. The molecule has 0 spiro atoms. The first-order chi connectivity index (χ1) is 13.3. The molecule has 0 bridgehead atoms. The average molecular weight is 448 g/mol. The molecule has 2 amide bonds. The van der Waals surface area contributed by atoms with Crippen molar-refractivity contribution in [2.24, 2.45) is 0 Å². The van der Waals surface area contributed by atoms with Gasteiger partial charge in [-0.1, -0.05) is 11.6 Å². The van der Waals surface area contributed by atoms with Gasteiger partial charge in [-0.25, -0.2) is 8.42 Å². The van der Waals surface area contributed by atoms with Gasteiger partial charge < -0.3 is 14.5 Å². The Kier molecular flexibility index (Phi) is 6.77. The van der Waals surface area contributed by atoms with Gasteiger partial charge in [0.05, 0.1) is 17.6 Å². The zero-order valence-corrected chi connectivity index (χ0v) is 17.7. The molecule has 1 unspecified atom stereocenters. The number of thiophene rings is 1. The van der Waals surface area contributed by atoms with Crippen LogP contribution in [0.4, 0.5) is 0 Å². The van der Waals surface area contributed by atoms with E-state index < -0.39 is 22.1 Å². The van der Waals surface area contributed by atoms with Crippen molar-refractivity contribution in [1.29, 1.82) is 0 Å². The second kappa shape index (κ2) is 8.91. The fourth-order valence-electron chi connectivity index (χ4n) is 3.19. The van der Waals surface area contributed by atoms with Crippen LogP contribution in [0.3, 0.4) is 0 Å². The number of nitrogens with zero attached hydrogens (tertiary/aromatic N) is 2. The lowest BCUT2D eigenvalue weighted by atomic mass is 10.2. The standard InChI is InChI=1S/C17H22ClN3O5S2/c1-12(16(22)20-7-9-26-10-8-20)21-6-4-14(17(21)23)19-28(24,25)11-5-13-2-3-15(18)27-13/h2-3,5,11-12,14,19H,4,6-10H2,1H3/b11-5+/t12?,14-/m0/s1. The fourth-order valence-corrected chi connectivity index (χ4v) is 5.26. The predicted molar refractivity (Wildman–Crippen MR) is 107 cm³/mol. The maximum absolute atomic E-state index is 12.7. The normalized spacial score (nSPS) is 22.2. The van der Waals surface area contributed by atoms with Gasteiger partial charge >= 0.3 is 0 Å². The summed E-state index contributed by atoms with van der Waals surface area (Å²) in [4.78, 5) is 29.1. The van der Waals surface area contributed by atoms with E-state index in [2.05, 4.69) is 4.72 Å². The van der Waals surface area contributed by atoms with E-state index in [9.17, 15) is 18.0 Å². The molecule has 2 aliphatic heterocycles. The zero-order valence-electron chi connectivity index (χ0n) is 15.3. The molecule has 3 rings (SSSR count). The Morgan fingerprint density at radius 1 is 1.36 bits per heavy atom. The molecule has 11 heteroatoms. The van der Waals surface area contributed by atoms with Crippen LogP contribution in [0.5, 0.6) is 0 Å². The number of hydrogen-bond donors (Lipinski definition) is 1. The number of ether oxygens (including phenoxy) is 1. The Morgan fingerprint density at radius 2 is 2.07 bits per heavy atom. The number of likely N-dealkylation sites (tertiary alicyclic amines) is 1. The third-order valence-electron chi connectivity index (χ3n) is 4.70. The summed E-state index contributed by atoms with van der Waals surface area (Å²) in [6.07, 6.45) is 1.75. The first-order valence-electron chi connectivity index (χ1n) is 8.89. The van der Waals surface area contributed by atoms with Crippen LogP contribution in [0, 0.1) is 0 Å². The number of nitrogens with one attached hydrogen (secondary N) is 1. The maximum Gasteiger partial charge on any atom is 0.245 e. The van der Waals surface area contributed by atoms with E-state index in [1.165, 1.54) is 22.3 Å². The smallest absolute Gasteiger partial charge is 0.245 e. The molecule has 0 aromatic carbocycles. The number of morpholine rings is 1. The summed E-state index contributed by atoms with van der Waals surface area (Å²) in [5, 5.41) is 1.02. The largest absolute Gasteiger partial charge is 0.378 e. The highest BCUT2D eigenvalue weighted by Gasteiger charge is 2.39. The Balaban J connectivity index is 1.59. The van der Waals surface area contributed by atoms with Gasteiger partial charge in [0.25, 0.3) is 0 Å². The van der Waals surface area contributed by atoms with Crippen molar-refractivity contribution in [2.45, 2.75) is 25.4 Å². The molecule has 154 valence electrons. The third kappa shape index (κ3) is 5.12. The van der Waals surface area contributed by atoms with Gasteiger partial charge in [-0.2, -0.15) is 4.72 Å². The Bertz CT molecular complexity index is 864. The van der Waals surface area contributed by atoms with Crippen molar-refractivity contribution in [3.05, 3.63) is 26.8 Å². The molecule has 2 fully saturated rings. The van der Waals surface area contributed by atoms with E-state index in [-0.39, 0.29) is 11.8 Å². The van der Waals surface area contributed by atoms with Gasteiger partial charge in [0.1, 0.15) is 12.1 Å². The van der Waals surface area contributed by atoms with Crippen molar-refractivity contribution < 1.29 is 22.7 Å². The van der Waals surface area contributed by atoms with E-state index in [4.69, 9.17) is 16.3 Å². The number of amides is 2. The van der Waals surface area contributed by atoms with E-state index in [1.807, 2.05) is 0 Å². The fraction of sp³-hybridized carbons (Fsp3) is 0.529. The Hall–Kier alpha value is -1.46. The minimum absolute atomic E-state index is 0.144. The first-order valence-corrected chi connectivity index (χ1v) is 11.6. The van der Waals surface area contributed by atoms with Gasteiger partial charge in [0.2, 0.25) is 21.8 Å². The first kappa shape index (κ1) is 21.3. The lowest BCUT2D eigenvalue weighted by Gasteiger charge is -2.32. The Morgan fingerprint density at radius 3 is 2.71 bits per heavy atom. The van der Waals surface area contributed by atoms with Gasteiger partial charge in [-0.15, -0.1) is 11.3 Å². The molecule has 28 heavy (non-hydrogen) atoms. The molecule has 0 radical (unpaired) electrons. The second-order valence-corrected chi connectivity index (χ2v) is 9.94.